The molecule has 9 heteroatoms. The Morgan fingerprint density at radius 1 is 1.28 bits per heavy atom. The van der Waals surface area contributed by atoms with Crippen LogP contribution in [0.15, 0.2) is 29.4 Å². The monoisotopic (exact) mass is 362 g/mol. The Morgan fingerprint density at radius 3 is 2.64 bits per heavy atom. The van der Waals surface area contributed by atoms with E-state index in [9.17, 15) is 9.59 Å². The topological polar surface area (TPSA) is 102 Å². The lowest BCUT2D eigenvalue weighted by Crippen LogP contribution is -2.41. The molecule has 3 amide bonds. The summed E-state index contributed by atoms with van der Waals surface area (Å²) in [4.78, 5) is 23.2. The van der Waals surface area contributed by atoms with Crippen LogP contribution in [-0.4, -0.2) is 44.4 Å². The van der Waals surface area contributed by atoms with Gasteiger partial charge in [0.05, 0.1) is 10.9 Å². The summed E-state index contributed by atoms with van der Waals surface area (Å²) in [6, 6.07) is 7.49. The average Bonchev–Trinajstić information content (AvgIpc) is 3.08. The number of imide groups is 1. The number of thioether (sulfide) groups is 1. The molecule has 0 aliphatic heterocycles. The second-order valence-electron chi connectivity index (χ2n) is 5.47. The van der Waals surface area contributed by atoms with Gasteiger partial charge in [-0.15, -0.1) is 5.10 Å². The number of tetrazole rings is 1. The smallest absolute Gasteiger partial charge is 0.321 e. The van der Waals surface area contributed by atoms with Gasteiger partial charge in [-0.2, -0.15) is 4.68 Å². The van der Waals surface area contributed by atoms with Crippen LogP contribution >= 0.6 is 11.8 Å². The van der Waals surface area contributed by atoms with Crippen molar-refractivity contribution in [2.45, 2.75) is 43.5 Å². The van der Waals surface area contributed by atoms with Gasteiger partial charge in [-0.25, -0.2) is 4.79 Å². The quantitative estimate of drug-likeness (QED) is 0.730. The maximum Gasteiger partial charge on any atom is 0.321 e. The maximum atomic E-state index is 12.0. The van der Waals surface area contributed by atoms with E-state index in [1.807, 2.05) is 12.1 Å². The zero-order chi connectivity index (χ0) is 18.2. The van der Waals surface area contributed by atoms with Crippen molar-refractivity contribution in [1.29, 1.82) is 0 Å². The molecule has 0 aliphatic rings. The van der Waals surface area contributed by atoms with E-state index in [1.165, 1.54) is 24.4 Å². The Labute approximate surface area is 150 Å². The van der Waals surface area contributed by atoms with E-state index in [1.54, 1.807) is 11.6 Å². The van der Waals surface area contributed by atoms with E-state index in [0.717, 1.165) is 24.9 Å². The molecule has 25 heavy (non-hydrogen) atoms. The Bertz CT molecular complexity index is 716. The van der Waals surface area contributed by atoms with Crippen LogP contribution in [0, 0.1) is 0 Å². The molecule has 0 fully saturated rings. The van der Waals surface area contributed by atoms with Gasteiger partial charge in [-0.3, -0.25) is 10.1 Å². The molecule has 2 rings (SSSR count). The Kier molecular flexibility index (Phi) is 6.93. The average molecular weight is 362 g/mol. The minimum absolute atomic E-state index is 0.409. The fourth-order valence-corrected chi connectivity index (χ4v) is 2.89. The molecule has 1 unspecified atom stereocenters. The fraction of sp³-hybridized carbons (Fsp3) is 0.438. The minimum atomic E-state index is -0.542. The molecule has 0 bridgehead atoms. The highest BCUT2D eigenvalue weighted by Gasteiger charge is 2.20. The highest BCUT2D eigenvalue weighted by Crippen LogP contribution is 2.23. The lowest BCUT2D eigenvalue weighted by Gasteiger charge is -2.11. The number of aryl methyl sites for hydroxylation is 1. The van der Waals surface area contributed by atoms with Crippen LogP contribution in [0.4, 0.5) is 4.79 Å². The van der Waals surface area contributed by atoms with Gasteiger partial charge in [0.15, 0.2) is 0 Å². The third-order valence-corrected chi connectivity index (χ3v) is 4.59. The largest absolute Gasteiger partial charge is 0.341 e. The summed E-state index contributed by atoms with van der Waals surface area (Å²) in [6.07, 6.45) is 3.36. The van der Waals surface area contributed by atoms with E-state index in [4.69, 9.17) is 0 Å². The summed E-state index contributed by atoms with van der Waals surface area (Å²) in [5, 5.41) is 16.2. The molecule has 0 aliphatic carbocycles. The number of hydrogen-bond acceptors (Lipinski definition) is 6. The van der Waals surface area contributed by atoms with Gasteiger partial charge in [-0.05, 0) is 47.9 Å². The van der Waals surface area contributed by atoms with Gasteiger partial charge >= 0.3 is 6.03 Å². The predicted octanol–water partition coefficient (Wildman–Crippen LogP) is 1.94. The molecule has 2 N–H and O–H groups in total. The fourth-order valence-electron chi connectivity index (χ4n) is 2.09. The van der Waals surface area contributed by atoms with E-state index < -0.39 is 17.2 Å². The standard InChI is InChI=1S/C16H22N6O2S/c1-4-5-6-12-7-9-13(10-8-12)22-16(19-20-21-22)25-11(2)14(23)18-15(24)17-3/h7-11H,4-6H2,1-3H3,(H2,17,18,23,24). The number of nitrogens with zero attached hydrogens (tertiary/aromatic N) is 4. The van der Waals surface area contributed by atoms with Gasteiger partial charge in [0, 0.05) is 7.05 Å². The van der Waals surface area contributed by atoms with Gasteiger partial charge in [0.25, 0.3) is 0 Å². The molecule has 8 nitrogen and oxygen atoms in total. The first kappa shape index (κ1) is 18.9. The molecular formula is C16H22N6O2S. The molecule has 0 radical (unpaired) electrons. The van der Waals surface area contributed by atoms with Gasteiger partial charge in [0.2, 0.25) is 11.1 Å². The number of urea groups is 1. The third-order valence-electron chi connectivity index (χ3n) is 3.56. The molecule has 1 heterocycles. The zero-order valence-electron chi connectivity index (χ0n) is 14.5. The van der Waals surface area contributed by atoms with Crippen molar-refractivity contribution in [1.82, 2.24) is 30.8 Å². The minimum Gasteiger partial charge on any atom is -0.341 e. The van der Waals surface area contributed by atoms with Gasteiger partial charge < -0.3 is 5.32 Å². The van der Waals surface area contributed by atoms with Crippen molar-refractivity contribution < 1.29 is 9.59 Å². The second-order valence-corrected chi connectivity index (χ2v) is 6.78. The van der Waals surface area contributed by atoms with E-state index in [-0.39, 0.29) is 0 Å². The van der Waals surface area contributed by atoms with Crippen LogP contribution in [-0.2, 0) is 11.2 Å². The Morgan fingerprint density at radius 2 is 2.00 bits per heavy atom. The number of amides is 3. The van der Waals surface area contributed by atoms with E-state index in [0.29, 0.717) is 5.16 Å². The first-order valence-corrected chi connectivity index (χ1v) is 9.00. The maximum absolute atomic E-state index is 12.0. The zero-order valence-corrected chi connectivity index (χ0v) is 15.3. The van der Waals surface area contributed by atoms with Crippen LogP contribution in [0.2, 0.25) is 0 Å². The first-order chi connectivity index (χ1) is 12.0. The van der Waals surface area contributed by atoms with Crippen molar-refractivity contribution in [3.63, 3.8) is 0 Å². The van der Waals surface area contributed by atoms with Crippen molar-refractivity contribution >= 4 is 23.7 Å². The van der Waals surface area contributed by atoms with Crippen LogP contribution in [0.3, 0.4) is 0 Å². The number of benzene rings is 1. The van der Waals surface area contributed by atoms with Crippen LogP contribution < -0.4 is 10.6 Å². The summed E-state index contributed by atoms with van der Waals surface area (Å²) in [5.41, 5.74) is 2.10. The van der Waals surface area contributed by atoms with E-state index >= 15 is 0 Å². The lowest BCUT2D eigenvalue weighted by atomic mass is 10.1. The summed E-state index contributed by atoms with van der Waals surface area (Å²) < 4.78 is 1.58. The molecule has 0 spiro atoms. The molecule has 0 saturated heterocycles. The second kappa shape index (κ2) is 9.16. The molecule has 2 aromatic rings. The number of hydrogen-bond donors (Lipinski definition) is 2. The third kappa shape index (κ3) is 5.28. The van der Waals surface area contributed by atoms with Crippen LogP contribution in [0.5, 0.6) is 0 Å². The predicted molar refractivity (Wildman–Crippen MR) is 95.7 cm³/mol. The summed E-state index contributed by atoms with van der Waals surface area (Å²) in [7, 11) is 1.45. The molecule has 1 atom stereocenters. The number of unbranched alkanes of at least 4 members (excludes halogenated alkanes) is 1. The Balaban J connectivity index is 2.06. The highest BCUT2D eigenvalue weighted by molar-refractivity contribution is 8.00. The normalized spacial score (nSPS) is 11.8. The summed E-state index contributed by atoms with van der Waals surface area (Å²) in [6.45, 7) is 3.86. The van der Waals surface area contributed by atoms with Crippen LogP contribution in [0.25, 0.3) is 5.69 Å². The number of nitrogens with one attached hydrogen (secondary N) is 2. The number of aromatic nitrogens is 4. The Hall–Kier alpha value is -2.42. The number of carbonyl (C=O) groups excluding carboxylic acids is 2. The summed E-state index contributed by atoms with van der Waals surface area (Å²) >= 11 is 1.19. The van der Waals surface area contributed by atoms with Crippen molar-refractivity contribution in [2.24, 2.45) is 0 Å². The molecular weight excluding hydrogens is 340 g/mol. The first-order valence-electron chi connectivity index (χ1n) is 8.12. The highest BCUT2D eigenvalue weighted by atomic mass is 32.2. The molecule has 1 aromatic carbocycles. The number of rotatable bonds is 7. The van der Waals surface area contributed by atoms with Gasteiger partial charge in [0.1, 0.15) is 0 Å². The molecule has 134 valence electrons. The van der Waals surface area contributed by atoms with E-state index in [2.05, 4.69) is 45.2 Å². The van der Waals surface area contributed by atoms with Crippen molar-refractivity contribution in [2.75, 3.05) is 7.05 Å². The number of carbonyl (C=O) groups is 2. The van der Waals surface area contributed by atoms with Gasteiger partial charge in [-0.1, -0.05) is 37.2 Å². The molecule has 0 saturated carbocycles. The van der Waals surface area contributed by atoms with Crippen molar-refractivity contribution in [3.05, 3.63) is 29.8 Å². The van der Waals surface area contributed by atoms with Crippen LogP contribution in [0.1, 0.15) is 32.3 Å². The van der Waals surface area contributed by atoms with Crippen molar-refractivity contribution in [3.8, 4) is 5.69 Å². The summed E-state index contributed by atoms with van der Waals surface area (Å²) in [5.74, 6) is -0.409. The lowest BCUT2D eigenvalue weighted by molar-refractivity contribution is -0.119. The molecule has 1 aromatic heterocycles. The SMILES string of the molecule is CCCCc1ccc(-n2nnnc2SC(C)C(=O)NC(=O)NC)cc1.